The lowest BCUT2D eigenvalue weighted by Gasteiger charge is -2.12. The zero-order valence-electron chi connectivity index (χ0n) is 12.2. The van der Waals surface area contributed by atoms with Crippen molar-refractivity contribution >= 4 is 23.8 Å². The molecule has 1 aliphatic heterocycles. The Kier molecular flexibility index (Phi) is 7.84. The number of hydrogen-bond donors (Lipinski definition) is 0. The lowest BCUT2D eigenvalue weighted by atomic mass is 10.2. The molecule has 2 amide bonds. The van der Waals surface area contributed by atoms with Crippen molar-refractivity contribution in [3.8, 4) is 0 Å². The Bertz CT molecular complexity index is 430. The van der Waals surface area contributed by atoms with Crippen LogP contribution in [0, 0.1) is 0 Å². The summed E-state index contributed by atoms with van der Waals surface area (Å²) in [7, 11) is 0. The van der Waals surface area contributed by atoms with Crippen LogP contribution in [0.25, 0.3) is 0 Å². The van der Waals surface area contributed by atoms with Gasteiger partial charge in [0.05, 0.1) is 6.61 Å². The summed E-state index contributed by atoms with van der Waals surface area (Å²) in [6, 6.07) is 0. The third kappa shape index (κ3) is 6.49. The number of amides is 2. The fourth-order valence-corrected chi connectivity index (χ4v) is 1.64. The normalized spacial score (nSPS) is 14.1. The topological polar surface area (TPSA) is 99.2 Å². The minimum atomic E-state index is -0.622. The van der Waals surface area contributed by atoms with Gasteiger partial charge in [0.15, 0.2) is 0 Å². The van der Waals surface area contributed by atoms with Gasteiger partial charge in [-0.2, -0.15) is 0 Å². The lowest BCUT2D eigenvalue weighted by molar-refractivity contribution is -0.197. The second kappa shape index (κ2) is 9.67. The molecular formula is C14H19NO7. The van der Waals surface area contributed by atoms with Crippen LogP contribution >= 0.6 is 0 Å². The van der Waals surface area contributed by atoms with Crippen molar-refractivity contribution in [1.29, 1.82) is 0 Å². The van der Waals surface area contributed by atoms with Crippen LogP contribution in [0.4, 0.5) is 0 Å². The number of hydroxylamine groups is 2. The predicted molar refractivity (Wildman–Crippen MR) is 73.0 cm³/mol. The van der Waals surface area contributed by atoms with Gasteiger partial charge in [0.25, 0.3) is 11.8 Å². The molecule has 22 heavy (non-hydrogen) atoms. The first-order chi connectivity index (χ1) is 10.5. The number of carbonyl (C=O) groups is 4. The summed E-state index contributed by atoms with van der Waals surface area (Å²) in [5.41, 5.74) is 0. The number of ether oxygens (including phenoxy) is 2. The monoisotopic (exact) mass is 313 g/mol. The minimum Gasteiger partial charge on any atom is -0.460 e. The molecule has 0 radical (unpaired) electrons. The number of hydrogen-bond acceptors (Lipinski definition) is 7. The summed E-state index contributed by atoms with van der Waals surface area (Å²) in [5.74, 6) is -2.10. The molecule has 1 fully saturated rings. The number of unbranched alkanes of at least 4 members (excludes halogenated alkanes) is 1. The highest BCUT2D eigenvalue weighted by atomic mass is 16.7. The molecular weight excluding hydrogens is 294 g/mol. The van der Waals surface area contributed by atoms with Gasteiger partial charge in [0.2, 0.25) is 0 Å². The van der Waals surface area contributed by atoms with Crippen molar-refractivity contribution in [2.24, 2.45) is 0 Å². The van der Waals surface area contributed by atoms with Crippen LogP contribution in [0.1, 0.15) is 32.1 Å². The van der Waals surface area contributed by atoms with E-state index >= 15 is 0 Å². The van der Waals surface area contributed by atoms with E-state index in [9.17, 15) is 19.2 Å². The number of imide groups is 1. The average molecular weight is 313 g/mol. The van der Waals surface area contributed by atoms with Gasteiger partial charge in [0.1, 0.15) is 6.61 Å². The van der Waals surface area contributed by atoms with E-state index in [1.807, 2.05) is 0 Å². The molecule has 0 aromatic rings. The fourth-order valence-electron chi connectivity index (χ4n) is 1.64. The number of carbonyl (C=O) groups excluding carboxylic acids is 4. The molecule has 1 rings (SSSR count). The van der Waals surface area contributed by atoms with Crippen LogP contribution in [0.2, 0.25) is 0 Å². The molecule has 0 N–H and O–H groups in total. The summed E-state index contributed by atoms with van der Waals surface area (Å²) in [4.78, 5) is 49.3. The molecule has 0 aromatic carbocycles. The summed E-state index contributed by atoms with van der Waals surface area (Å²) in [6.45, 7) is 4.07. The van der Waals surface area contributed by atoms with Gasteiger partial charge in [-0.1, -0.05) is 6.58 Å². The van der Waals surface area contributed by atoms with Crippen LogP contribution < -0.4 is 0 Å². The summed E-state index contributed by atoms with van der Waals surface area (Å²) < 4.78 is 9.90. The smallest absolute Gasteiger partial charge is 0.333 e. The molecule has 1 aliphatic rings. The Morgan fingerprint density at radius 2 is 1.77 bits per heavy atom. The SMILES string of the molecule is C=CC(=O)OCCOCCCCC(=O)ON1C(=O)CCC1=O. The number of rotatable bonds is 10. The molecule has 1 heterocycles. The van der Waals surface area contributed by atoms with Gasteiger partial charge < -0.3 is 14.3 Å². The molecule has 0 unspecified atom stereocenters. The molecule has 1 saturated heterocycles. The summed E-state index contributed by atoms with van der Waals surface area (Å²) >= 11 is 0. The molecule has 0 atom stereocenters. The van der Waals surface area contributed by atoms with Gasteiger partial charge in [0, 0.05) is 31.9 Å². The highest BCUT2D eigenvalue weighted by Crippen LogP contribution is 2.13. The molecule has 0 aromatic heterocycles. The highest BCUT2D eigenvalue weighted by molar-refractivity contribution is 6.01. The summed E-state index contributed by atoms with van der Waals surface area (Å²) in [6.07, 6.45) is 2.42. The standard InChI is InChI=1S/C14H19NO7/c1-2-13(18)21-10-9-20-8-4-3-5-14(19)22-15-11(16)6-7-12(15)17/h2H,1,3-10H2. The van der Waals surface area contributed by atoms with Gasteiger partial charge in [-0.15, -0.1) is 5.06 Å². The van der Waals surface area contributed by atoms with Gasteiger partial charge in [-0.25, -0.2) is 9.59 Å². The van der Waals surface area contributed by atoms with E-state index in [2.05, 4.69) is 6.58 Å². The van der Waals surface area contributed by atoms with E-state index in [0.29, 0.717) is 24.5 Å². The van der Waals surface area contributed by atoms with Crippen molar-refractivity contribution in [2.45, 2.75) is 32.1 Å². The van der Waals surface area contributed by atoms with Gasteiger partial charge >= 0.3 is 11.9 Å². The Morgan fingerprint density at radius 1 is 1.09 bits per heavy atom. The van der Waals surface area contributed by atoms with Gasteiger partial charge in [-0.3, -0.25) is 9.59 Å². The second-order valence-electron chi connectivity index (χ2n) is 4.49. The molecule has 0 bridgehead atoms. The van der Waals surface area contributed by atoms with E-state index < -0.39 is 23.8 Å². The Hall–Kier alpha value is -2.22. The third-order valence-corrected chi connectivity index (χ3v) is 2.76. The minimum absolute atomic E-state index is 0.0797. The van der Waals surface area contributed by atoms with Crippen LogP contribution in [0.5, 0.6) is 0 Å². The lowest BCUT2D eigenvalue weighted by Crippen LogP contribution is -2.31. The molecule has 8 nitrogen and oxygen atoms in total. The maximum atomic E-state index is 11.5. The van der Waals surface area contributed by atoms with Crippen LogP contribution in [-0.4, -0.2) is 48.6 Å². The van der Waals surface area contributed by atoms with E-state index in [-0.39, 0.29) is 32.5 Å². The van der Waals surface area contributed by atoms with E-state index in [1.165, 1.54) is 0 Å². The van der Waals surface area contributed by atoms with Crippen molar-refractivity contribution in [3.05, 3.63) is 12.7 Å². The van der Waals surface area contributed by atoms with Crippen LogP contribution in [-0.2, 0) is 33.5 Å². The van der Waals surface area contributed by atoms with Crippen molar-refractivity contribution in [3.63, 3.8) is 0 Å². The van der Waals surface area contributed by atoms with Crippen molar-refractivity contribution < 1.29 is 33.5 Å². The molecule has 0 spiro atoms. The van der Waals surface area contributed by atoms with Gasteiger partial charge in [-0.05, 0) is 12.8 Å². The van der Waals surface area contributed by atoms with E-state index in [4.69, 9.17) is 14.3 Å². The third-order valence-electron chi connectivity index (χ3n) is 2.76. The second-order valence-corrected chi connectivity index (χ2v) is 4.49. The Morgan fingerprint density at radius 3 is 2.41 bits per heavy atom. The molecule has 8 heteroatoms. The van der Waals surface area contributed by atoms with Crippen LogP contribution in [0.15, 0.2) is 12.7 Å². The van der Waals surface area contributed by atoms with Crippen molar-refractivity contribution in [2.75, 3.05) is 19.8 Å². The first-order valence-corrected chi connectivity index (χ1v) is 6.98. The largest absolute Gasteiger partial charge is 0.460 e. The molecule has 122 valence electrons. The van der Waals surface area contributed by atoms with E-state index in [0.717, 1.165) is 6.08 Å². The Labute approximate surface area is 127 Å². The predicted octanol–water partition coefficient (Wildman–Crippen LogP) is 0.510. The first kappa shape index (κ1) is 17.8. The zero-order valence-corrected chi connectivity index (χ0v) is 12.2. The quantitative estimate of drug-likeness (QED) is 0.251. The van der Waals surface area contributed by atoms with Crippen molar-refractivity contribution in [1.82, 2.24) is 5.06 Å². The highest BCUT2D eigenvalue weighted by Gasteiger charge is 2.32. The number of nitrogens with zero attached hydrogens (tertiary/aromatic N) is 1. The number of esters is 1. The van der Waals surface area contributed by atoms with Crippen LogP contribution in [0.3, 0.4) is 0 Å². The molecule has 0 aliphatic carbocycles. The maximum absolute atomic E-state index is 11.5. The average Bonchev–Trinajstić information content (AvgIpc) is 2.81. The first-order valence-electron chi connectivity index (χ1n) is 6.98. The Balaban J connectivity index is 1.99. The molecule has 0 saturated carbocycles. The summed E-state index contributed by atoms with van der Waals surface area (Å²) in [5, 5.41) is 0.535. The fraction of sp³-hybridized carbons (Fsp3) is 0.571. The maximum Gasteiger partial charge on any atom is 0.333 e. The zero-order chi connectivity index (χ0) is 16.4. The van der Waals surface area contributed by atoms with E-state index in [1.54, 1.807) is 0 Å².